The van der Waals surface area contributed by atoms with E-state index in [-0.39, 0.29) is 31.1 Å². The van der Waals surface area contributed by atoms with Crippen molar-refractivity contribution in [1.29, 1.82) is 0 Å². The molecule has 0 fully saturated rings. The third kappa shape index (κ3) is 41.6. The van der Waals surface area contributed by atoms with Gasteiger partial charge in [-0.3, -0.25) is 14.4 Å². The smallest absolute Gasteiger partial charge is 0.306 e. The van der Waals surface area contributed by atoms with E-state index in [1.807, 2.05) is 0 Å². The third-order valence-electron chi connectivity index (χ3n) is 10.8. The Balaban J connectivity index is 4.09. The summed E-state index contributed by atoms with van der Waals surface area (Å²) in [6.07, 6.45) is 42.6. The van der Waals surface area contributed by atoms with Crippen molar-refractivity contribution in [2.45, 2.75) is 271 Å². The van der Waals surface area contributed by atoms with Gasteiger partial charge in [-0.15, -0.1) is 0 Å². The van der Waals surface area contributed by atoms with Crippen LogP contribution in [0, 0.1) is 5.92 Å². The molecule has 0 saturated carbocycles. The zero-order valence-electron chi connectivity index (χ0n) is 36.7. The van der Waals surface area contributed by atoms with Crippen molar-refractivity contribution in [3.8, 4) is 0 Å². The number of carbonyl (C=O) groups is 3. The van der Waals surface area contributed by atoms with E-state index in [9.17, 15) is 14.4 Å². The van der Waals surface area contributed by atoms with E-state index in [4.69, 9.17) is 14.2 Å². The molecule has 0 bridgehead atoms. The fourth-order valence-electron chi connectivity index (χ4n) is 7.16. The summed E-state index contributed by atoms with van der Waals surface area (Å²) in [5.74, 6) is -0.0200. The molecule has 0 amide bonds. The van der Waals surface area contributed by atoms with E-state index in [1.165, 1.54) is 154 Å². The number of unbranched alkanes of at least 4 members (excludes halogenated alkanes) is 30. The highest BCUT2D eigenvalue weighted by Gasteiger charge is 2.19. The zero-order chi connectivity index (χ0) is 39.6. The largest absolute Gasteiger partial charge is 0.462 e. The first-order valence-corrected chi connectivity index (χ1v) is 23.9. The van der Waals surface area contributed by atoms with Crippen LogP contribution in [-0.2, 0) is 28.6 Å². The van der Waals surface area contributed by atoms with Crippen molar-refractivity contribution in [2.75, 3.05) is 13.2 Å². The molecule has 0 unspecified atom stereocenters. The molecule has 0 spiro atoms. The van der Waals surface area contributed by atoms with Crippen molar-refractivity contribution in [2.24, 2.45) is 5.92 Å². The van der Waals surface area contributed by atoms with Crippen LogP contribution in [0.4, 0.5) is 0 Å². The zero-order valence-corrected chi connectivity index (χ0v) is 36.7. The van der Waals surface area contributed by atoms with Crippen LogP contribution in [0.1, 0.15) is 265 Å². The lowest BCUT2D eigenvalue weighted by Crippen LogP contribution is -2.30. The molecule has 0 rings (SSSR count). The Hall–Kier alpha value is -1.59. The summed E-state index contributed by atoms with van der Waals surface area (Å²) >= 11 is 0. The number of ether oxygens (including phenoxy) is 3. The van der Waals surface area contributed by atoms with Crippen LogP contribution in [0.5, 0.6) is 0 Å². The van der Waals surface area contributed by atoms with E-state index >= 15 is 0 Å². The first kappa shape index (κ1) is 52.4. The van der Waals surface area contributed by atoms with Gasteiger partial charge >= 0.3 is 17.9 Å². The van der Waals surface area contributed by atoms with Crippen molar-refractivity contribution in [1.82, 2.24) is 0 Å². The summed E-state index contributed by atoms with van der Waals surface area (Å²) in [7, 11) is 0. The summed E-state index contributed by atoms with van der Waals surface area (Å²) in [5.41, 5.74) is 0. The number of hydrogen-bond donors (Lipinski definition) is 0. The topological polar surface area (TPSA) is 78.9 Å². The summed E-state index contributed by atoms with van der Waals surface area (Å²) in [4.78, 5) is 37.5. The molecule has 0 aliphatic heterocycles. The molecule has 0 aromatic carbocycles. The van der Waals surface area contributed by atoms with E-state index in [0.717, 1.165) is 70.1 Å². The number of carbonyl (C=O) groups excluding carboxylic acids is 3. The first-order chi connectivity index (χ1) is 26.4. The minimum atomic E-state index is -0.757. The second-order valence-corrected chi connectivity index (χ2v) is 16.9. The van der Waals surface area contributed by atoms with Crippen LogP contribution in [-0.4, -0.2) is 37.2 Å². The molecule has 0 aliphatic rings. The molecule has 0 aromatic rings. The predicted molar refractivity (Wildman–Crippen MR) is 229 cm³/mol. The predicted octanol–water partition coefficient (Wildman–Crippen LogP) is 15.1. The van der Waals surface area contributed by atoms with E-state index in [2.05, 4.69) is 27.7 Å². The minimum absolute atomic E-state index is 0.0647. The molecule has 320 valence electrons. The van der Waals surface area contributed by atoms with Crippen molar-refractivity contribution in [3.05, 3.63) is 0 Å². The maximum atomic E-state index is 12.5. The second kappa shape index (κ2) is 42.6. The molecular weight excluding hydrogens is 673 g/mol. The summed E-state index contributed by atoms with van der Waals surface area (Å²) in [5, 5.41) is 0. The molecule has 0 aromatic heterocycles. The Morgan fingerprint density at radius 1 is 0.352 bits per heavy atom. The molecule has 0 heterocycles. The molecule has 6 nitrogen and oxygen atoms in total. The second-order valence-electron chi connectivity index (χ2n) is 16.9. The molecule has 0 saturated heterocycles. The molecular formula is C48H92O6. The van der Waals surface area contributed by atoms with E-state index < -0.39 is 6.10 Å². The Morgan fingerprint density at radius 3 is 0.907 bits per heavy atom. The Bertz CT molecular complexity index is 811. The van der Waals surface area contributed by atoms with Crippen LogP contribution in [0.3, 0.4) is 0 Å². The average Bonchev–Trinajstić information content (AvgIpc) is 3.15. The molecule has 0 radical (unpaired) electrons. The first-order valence-electron chi connectivity index (χ1n) is 23.9. The molecule has 54 heavy (non-hydrogen) atoms. The summed E-state index contributed by atoms with van der Waals surface area (Å²) < 4.78 is 16.6. The lowest BCUT2D eigenvalue weighted by molar-refractivity contribution is -0.167. The summed E-state index contributed by atoms with van der Waals surface area (Å²) in [6.45, 7) is 8.94. The van der Waals surface area contributed by atoms with Crippen LogP contribution in [0.2, 0.25) is 0 Å². The highest BCUT2D eigenvalue weighted by molar-refractivity contribution is 5.71. The van der Waals surface area contributed by atoms with Gasteiger partial charge in [0, 0.05) is 19.3 Å². The van der Waals surface area contributed by atoms with Gasteiger partial charge in [-0.1, -0.05) is 227 Å². The van der Waals surface area contributed by atoms with Crippen LogP contribution < -0.4 is 0 Å². The molecule has 0 aliphatic carbocycles. The number of hydrogen-bond acceptors (Lipinski definition) is 6. The van der Waals surface area contributed by atoms with Gasteiger partial charge in [0.05, 0.1) is 0 Å². The van der Waals surface area contributed by atoms with Crippen molar-refractivity contribution < 1.29 is 28.6 Å². The number of esters is 3. The van der Waals surface area contributed by atoms with Crippen molar-refractivity contribution in [3.63, 3.8) is 0 Å². The molecule has 0 N–H and O–H groups in total. The van der Waals surface area contributed by atoms with Gasteiger partial charge in [-0.2, -0.15) is 0 Å². The highest BCUT2D eigenvalue weighted by atomic mass is 16.6. The Kier molecular flexibility index (Phi) is 41.3. The van der Waals surface area contributed by atoms with Crippen LogP contribution in [0.15, 0.2) is 0 Å². The van der Waals surface area contributed by atoms with Gasteiger partial charge < -0.3 is 14.2 Å². The van der Waals surface area contributed by atoms with Gasteiger partial charge in [-0.05, 0) is 25.2 Å². The SMILES string of the molecule is CCCCCCCCCCCCCCCCC(=O)OC[C@@H](COC(=O)CCCCCCCCCCCCCCCCC(C)C)OC(=O)CCCCCCC. The van der Waals surface area contributed by atoms with Gasteiger partial charge in [0.25, 0.3) is 0 Å². The minimum Gasteiger partial charge on any atom is -0.462 e. The van der Waals surface area contributed by atoms with E-state index in [1.54, 1.807) is 0 Å². The number of rotatable bonds is 43. The lowest BCUT2D eigenvalue weighted by Gasteiger charge is -2.18. The fraction of sp³-hybridized carbons (Fsp3) is 0.938. The van der Waals surface area contributed by atoms with Crippen LogP contribution in [0.25, 0.3) is 0 Å². The van der Waals surface area contributed by atoms with E-state index in [0.29, 0.717) is 19.3 Å². The lowest BCUT2D eigenvalue weighted by atomic mass is 10.0. The average molecular weight is 765 g/mol. The quantitative estimate of drug-likeness (QED) is 0.0349. The summed E-state index contributed by atoms with van der Waals surface area (Å²) in [6, 6.07) is 0. The monoisotopic (exact) mass is 765 g/mol. The maximum absolute atomic E-state index is 12.5. The third-order valence-corrected chi connectivity index (χ3v) is 10.8. The Labute approximate surface area is 336 Å². The van der Waals surface area contributed by atoms with Gasteiger partial charge in [-0.25, -0.2) is 0 Å². The van der Waals surface area contributed by atoms with Gasteiger partial charge in [0.1, 0.15) is 13.2 Å². The van der Waals surface area contributed by atoms with Gasteiger partial charge in [0.15, 0.2) is 6.10 Å². The molecule has 1 atom stereocenters. The van der Waals surface area contributed by atoms with Gasteiger partial charge in [0.2, 0.25) is 0 Å². The van der Waals surface area contributed by atoms with Crippen molar-refractivity contribution >= 4 is 17.9 Å². The Morgan fingerprint density at radius 2 is 0.611 bits per heavy atom. The normalized spacial score (nSPS) is 11.9. The fourth-order valence-corrected chi connectivity index (χ4v) is 7.16. The highest BCUT2D eigenvalue weighted by Crippen LogP contribution is 2.17. The van der Waals surface area contributed by atoms with Crippen LogP contribution >= 0.6 is 0 Å². The maximum Gasteiger partial charge on any atom is 0.306 e. The molecule has 6 heteroatoms. The standard InChI is InChI=1S/C48H92O6/c1-5-7-9-11-12-13-14-15-19-22-25-28-32-35-39-46(49)52-42-45(54-48(51)41-37-30-10-8-6-2)43-53-47(50)40-36-33-29-26-23-20-17-16-18-21-24-27-31-34-38-44(3)4/h44-45H,5-43H2,1-4H3/t45-/m0/s1.